The summed E-state index contributed by atoms with van der Waals surface area (Å²) < 4.78 is 16.7. The van der Waals surface area contributed by atoms with Gasteiger partial charge in [-0.05, 0) is 25.0 Å². The third kappa shape index (κ3) is 5.17. The fraction of sp³-hybridized carbons (Fsp3) is 0.556. The molecule has 2 fully saturated rings. The van der Waals surface area contributed by atoms with Crippen LogP contribution in [0.2, 0.25) is 0 Å². The smallest absolute Gasteiger partial charge is 0.258 e. The summed E-state index contributed by atoms with van der Waals surface area (Å²) in [5.74, 6) is -0.455. The highest BCUT2D eigenvalue weighted by molar-refractivity contribution is 5.85. The van der Waals surface area contributed by atoms with Crippen LogP contribution in [0.3, 0.4) is 0 Å². The highest BCUT2D eigenvalue weighted by Gasteiger charge is 2.41. The van der Waals surface area contributed by atoms with Gasteiger partial charge in [0.2, 0.25) is 5.91 Å². The molecular formula is C18H24N2O5. The number of carbonyl (C=O) groups excluding carboxylic acids is 2. The van der Waals surface area contributed by atoms with Gasteiger partial charge in [-0.25, -0.2) is 0 Å². The summed E-state index contributed by atoms with van der Waals surface area (Å²) in [5, 5.41) is 5.51. The van der Waals surface area contributed by atoms with E-state index in [9.17, 15) is 9.59 Å². The average molecular weight is 348 g/mol. The normalized spacial score (nSPS) is 21.7. The Hall–Kier alpha value is -2.12. The molecule has 2 N–H and O–H groups in total. The van der Waals surface area contributed by atoms with Gasteiger partial charge in [-0.1, -0.05) is 18.2 Å². The Morgan fingerprint density at radius 1 is 1.16 bits per heavy atom. The van der Waals surface area contributed by atoms with Crippen molar-refractivity contribution in [2.45, 2.75) is 37.5 Å². The first-order valence-electron chi connectivity index (χ1n) is 8.67. The number of hydrogen-bond donors (Lipinski definition) is 2. The molecule has 1 aliphatic carbocycles. The number of nitrogens with one attached hydrogen (secondary N) is 2. The molecule has 136 valence electrons. The minimum absolute atomic E-state index is 0.0109. The lowest BCUT2D eigenvalue weighted by Crippen LogP contribution is -2.49. The van der Waals surface area contributed by atoms with Crippen molar-refractivity contribution in [3.8, 4) is 5.75 Å². The maximum atomic E-state index is 12.0. The van der Waals surface area contributed by atoms with Gasteiger partial charge in [-0.3, -0.25) is 9.59 Å². The van der Waals surface area contributed by atoms with Crippen LogP contribution in [0.4, 0.5) is 0 Å². The monoisotopic (exact) mass is 348 g/mol. The molecular weight excluding hydrogens is 324 g/mol. The number of amides is 2. The van der Waals surface area contributed by atoms with Crippen molar-refractivity contribution in [1.29, 1.82) is 0 Å². The fourth-order valence-corrected chi connectivity index (χ4v) is 3.25. The van der Waals surface area contributed by atoms with Crippen molar-refractivity contribution < 1.29 is 23.8 Å². The molecule has 0 aromatic heterocycles. The summed E-state index contributed by atoms with van der Waals surface area (Å²) in [7, 11) is 0. The van der Waals surface area contributed by atoms with Crippen LogP contribution in [-0.4, -0.2) is 50.0 Å². The van der Waals surface area contributed by atoms with E-state index in [1.54, 1.807) is 12.1 Å². The van der Waals surface area contributed by atoms with Gasteiger partial charge in [0, 0.05) is 18.9 Å². The maximum Gasteiger partial charge on any atom is 0.258 e. The van der Waals surface area contributed by atoms with Crippen LogP contribution in [0, 0.1) is 0 Å². The van der Waals surface area contributed by atoms with Crippen LogP contribution >= 0.6 is 0 Å². The molecule has 1 aliphatic heterocycles. The van der Waals surface area contributed by atoms with Crippen LogP contribution in [0.15, 0.2) is 30.3 Å². The average Bonchev–Trinajstić information content (AvgIpc) is 3.06. The van der Waals surface area contributed by atoms with E-state index < -0.39 is 5.79 Å². The van der Waals surface area contributed by atoms with E-state index in [0.717, 1.165) is 19.3 Å². The van der Waals surface area contributed by atoms with E-state index in [1.807, 2.05) is 18.2 Å². The SMILES string of the molecule is O=C(COc1ccccc1)NCC(=O)NC1CCCC2(C1)OCCO2. The van der Waals surface area contributed by atoms with Crippen LogP contribution in [0.1, 0.15) is 25.7 Å². The third-order valence-electron chi connectivity index (χ3n) is 4.41. The molecule has 7 nitrogen and oxygen atoms in total. The lowest BCUT2D eigenvalue weighted by Gasteiger charge is -2.36. The van der Waals surface area contributed by atoms with Crippen LogP contribution < -0.4 is 15.4 Å². The molecule has 2 aliphatic rings. The van der Waals surface area contributed by atoms with E-state index in [0.29, 0.717) is 25.4 Å². The number of para-hydroxylation sites is 1. The molecule has 0 radical (unpaired) electrons. The van der Waals surface area contributed by atoms with Crippen LogP contribution in [0.5, 0.6) is 5.75 Å². The summed E-state index contributed by atoms with van der Waals surface area (Å²) in [6.45, 7) is 1.03. The van der Waals surface area contributed by atoms with Gasteiger partial charge in [0.1, 0.15) is 5.75 Å². The van der Waals surface area contributed by atoms with Gasteiger partial charge in [-0.15, -0.1) is 0 Å². The van der Waals surface area contributed by atoms with Gasteiger partial charge in [0.05, 0.1) is 19.8 Å². The molecule has 7 heteroatoms. The van der Waals surface area contributed by atoms with Gasteiger partial charge in [0.25, 0.3) is 5.91 Å². The molecule has 2 amide bonds. The van der Waals surface area contributed by atoms with E-state index in [4.69, 9.17) is 14.2 Å². The highest BCUT2D eigenvalue weighted by Crippen LogP contribution is 2.35. The highest BCUT2D eigenvalue weighted by atomic mass is 16.7. The molecule has 1 unspecified atom stereocenters. The first-order chi connectivity index (χ1) is 12.2. The standard InChI is InChI=1S/C18H24N2O5/c21-16(12-19-17(22)13-23-15-6-2-1-3-7-15)20-14-5-4-8-18(11-14)24-9-10-25-18/h1-3,6-7,14H,4-5,8-13H2,(H,19,22)(H,20,21). The Morgan fingerprint density at radius 3 is 2.68 bits per heavy atom. The second-order valence-electron chi connectivity index (χ2n) is 6.35. The van der Waals surface area contributed by atoms with Gasteiger partial charge >= 0.3 is 0 Å². The maximum absolute atomic E-state index is 12.0. The molecule has 1 saturated carbocycles. The molecule has 1 heterocycles. The molecule has 3 rings (SSSR count). The van der Waals surface area contributed by atoms with Crippen molar-refractivity contribution in [1.82, 2.24) is 10.6 Å². The lowest BCUT2D eigenvalue weighted by atomic mass is 9.90. The van der Waals surface area contributed by atoms with E-state index in [-0.39, 0.29) is 31.0 Å². The molecule has 1 aromatic carbocycles. The predicted octanol–water partition coefficient (Wildman–Crippen LogP) is 0.983. The zero-order valence-corrected chi connectivity index (χ0v) is 14.2. The Kier molecular flexibility index (Phi) is 5.88. The number of rotatable bonds is 6. The summed E-state index contributed by atoms with van der Waals surface area (Å²) in [6, 6.07) is 9.08. The number of benzene rings is 1. The predicted molar refractivity (Wildman–Crippen MR) is 90.0 cm³/mol. The van der Waals surface area contributed by atoms with Gasteiger partial charge < -0.3 is 24.8 Å². The summed E-state index contributed by atoms with van der Waals surface area (Å²) in [5.41, 5.74) is 0. The zero-order valence-electron chi connectivity index (χ0n) is 14.2. The number of hydrogen-bond acceptors (Lipinski definition) is 5. The first kappa shape index (κ1) is 17.7. The Balaban J connectivity index is 1.35. The van der Waals surface area contributed by atoms with Gasteiger partial charge in [-0.2, -0.15) is 0 Å². The van der Waals surface area contributed by atoms with Crippen molar-refractivity contribution in [2.24, 2.45) is 0 Å². The largest absolute Gasteiger partial charge is 0.484 e. The summed E-state index contributed by atoms with van der Waals surface area (Å²) in [6.07, 6.45) is 3.37. The molecule has 1 atom stereocenters. The van der Waals surface area contributed by atoms with E-state index in [1.165, 1.54) is 0 Å². The first-order valence-corrected chi connectivity index (χ1v) is 8.67. The third-order valence-corrected chi connectivity index (χ3v) is 4.41. The topological polar surface area (TPSA) is 85.9 Å². The molecule has 0 bridgehead atoms. The second kappa shape index (κ2) is 8.31. The van der Waals surface area contributed by atoms with Crippen molar-refractivity contribution >= 4 is 11.8 Å². The number of carbonyl (C=O) groups is 2. The van der Waals surface area contributed by atoms with E-state index in [2.05, 4.69) is 10.6 Å². The molecule has 1 spiro atoms. The van der Waals surface area contributed by atoms with Crippen molar-refractivity contribution in [3.05, 3.63) is 30.3 Å². The molecule has 1 saturated heterocycles. The fourth-order valence-electron chi connectivity index (χ4n) is 3.25. The Labute approximate surface area is 147 Å². The quantitative estimate of drug-likeness (QED) is 0.800. The minimum atomic E-state index is -0.525. The molecule has 25 heavy (non-hydrogen) atoms. The van der Waals surface area contributed by atoms with Crippen molar-refractivity contribution in [3.63, 3.8) is 0 Å². The van der Waals surface area contributed by atoms with Crippen molar-refractivity contribution in [2.75, 3.05) is 26.4 Å². The summed E-state index contributed by atoms with van der Waals surface area (Å²) in [4.78, 5) is 23.8. The Morgan fingerprint density at radius 2 is 1.92 bits per heavy atom. The number of ether oxygens (including phenoxy) is 3. The Bertz CT molecular complexity index is 586. The van der Waals surface area contributed by atoms with Crippen LogP contribution in [-0.2, 0) is 19.1 Å². The molecule has 1 aromatic rings. The van der Waals surface area contributed by atoms with Gasteiger partial charge in [0.15, 0.2) is 12.4 Å². The van der Waals surface area contributed by atoms with Crippen LogP contribution in [0.25, 0.3) is 0 Å². The minimum Gasteiger partial charge on any atom is -0.484 e. The lowest BCUT2D eigenvalue weighted by molar-refractivity contribution is -0.182. The summed E-state index contributed by atoms with van der Waals surface area (Å²) >= 11 is 0. The second-order valence-corrected chi connectivity index (χ2v) is 6.35. The zero-order chi connectivity index (χ0) is 17.5. The van der Waals surface area contributed by atoms with E-state index >= 15 is 0 Å².